The maximum absolute atomic E-state index is 11.2. The Kier molecular flexibility index (Phi) is 4.95. The van der Waals surface area contributed by atoms with Gasteiger partial charge in [-0.1, -0.05) is 67.3 Å². The van der Waals surface area contributed by atoms with Crippen molar-refractivity contribution in [3.05, 3.63) is 72.8 Å². The van der Waals surface area contributed by atoms with E-state index in [2.05, 4.69) is 18.7 Å². The van der Waals surface area contributed by atoms with E-state index < -0.39 is 6.16 Å². The summed E-state index contributed by atoms with van der Waals surface area (Å²) < 4.78 is 9.69. The number of carbonyl (C=O) groups is 1. The molecule has 3 heteroatoms. The lowest BCUT2D eigenvalue weighted by atomic mass is 10.0. The van der Waals surface area contributed by atoms with Crippen LogP contribution in [-0.4, -0.2) is 12.8 Å². The molecule has 0 unspecified atom stereocenters. The molecular formula is C17H16O3. The molecule has 0 saturated carbocycles. The molecule has 2 aromatic carbocycles. The lowest BCUT2D eigenvalue weighted by Crippen LogP contribution is -2.07. The third kappa shape index (κ3) is 3.99. The molecule has 0 aliphatic rings. The van der Waals surface area contributed by atoms with Gasteiger partial charge in [0, 0.05) is 0 Å². The van der Waals surface area contributed by atoms with E-state index in [1.807, 2.05) is 42.5 Å². The molecule has 0 aliphatic heterocycles. The standard InChI is InChI=1S/C17H16O3/c1-2-12-19-17(18)20-13-14-8-10-16(11-9-14)15-6-4-3-5-7-15/h2-11H,1,12-13H2. The number of benzene rings is 2. The molecule has 0 N–H and O–H groups in total. The van der Waals surface area contributed by atoms with Crippen molar-refractivity contribution >= 4 is 6.16 Å². The maximum atomic E-state index is 11.2. The van der Waals surface area contributed by atoms with Gasteiger partial charge in [-0.15, -0.1) is 0 Å². The van der Waals surface area contributed by atoms with Gasteiger partial charge >= 0.3 is 6.16 Å². The minimum atomic E-state index is -0.683. The van der Waals surface area contributed by atoms with Crippen LogP contribution in [0.2, 0.25) is 0 Å². The number of rotatable bonds is 5. The highest BCUT2D eigenvalue weighted by atomic mass is 16.7. The Balaban J connectivity index is 1.92. The summed E-state index contributed by atoms with van der Waals surface area (Å²) in [6.07, 6.45) is 0.813. The summed E-state index contributed by atoms with van der Waals surface area (Å²) in [6, 6.07) is 18.0. The Morgan fingerprint density at radius 3 is 2.25 bits per heavy atom. The van der Waals surface area contributed by atoms with E-state index in [-0.39, 0.29) is 13.2 Å². The van der Waals surface area contributed by atoms with Crippen molar-refractivity contribution < 1.29 is 14.3 Å². The predicted molar refractivity (Wildman–Crippen MR) is 78.2 cm³/mol. The van der Waals surface area contributed by atoms with Gasteiger partial charge in [-0.2, -0.15) is 0 Å². The highest BCUT2D eigenvalue weighted by molar-refractivity contribution is 5.63. The van der Waals surface area contributed by atoms with E-state index in [1.165, 1.54) is 6.08 Å². The number of carbonyl (C=O) groups excluding carboxylic acids is 1. The summed E-state index contributed by atoms with van der Waals surface area (Å²) in [5.41, 5.74) is 3.20. The van der Waals surface area contributed by atoms with Crippen molar-refractivity contribution in [3.63, 3.8) is 0 Å². The fourth-order valence-corrected chi connectivity index (χ4v) is 1.73. The third-order valence-electron chi connectivity index (χ3n) is 2.74. The number of hydrogen-bond acceptors (Lipinski definition) is 3. The van der Waals surface area contributed by atoms with Crippen molar-refractivity contribution in [2.45, 2.75) is 6.61 Å². The van der Waals surface area contributed by atoms with Crippen LogP contribution in [0.4, 0.5) is 4.79 Å². The zero-order valence-electron chi connectivity index (χ0n) is 11.1. The lowest BCUT2D eigenvalue weighted by Gasteiger charge is -2.06. The number of hydrogen-bond donors (Lipinski definition) is 0. The van der Waals surface area contributed by atoms with Gasteiger partial charge in [0.1, 0.15) is 13.2 Å². The summed E-state index contributed by atoms with van der Waals surface area (Å²) in [7, 11) is 0. The van der Waals surface area contributed by atoms with Crippen molar-refractivity contribution in [2.75, 3.05) is 6.61 Å². The maximum Gasteiger partial charge on any atom is 0.508 e. The number of ether oxygens (including phenoxy) is 2. The Morgan fingerprint density at radius 2 is 1.60 bits per heavy atom. The lowest BCUT2D eigenvalue weighted by molar-refractivity contribution is 0.0577. The molecule has 0 fully saturated rings. The van der Waals surface area contributed by atoms with Crippen LogP contribution in [0.25, 0.3) is 11.1 Å². The molecule has 3 nitrogen and oxygen atoms in total. The molecule has 0 atom stereocenters. The van der Waals surface area contributed by atoms with Crippen molar-refractivity contribution in [2.24, 2.45) is 0 Å². The molecule has 2 aromatic rings. The van der Waals surface area contributed by atoms with E-state index in [9.17, 15) is 4.79 Å². The Hall–Kier alpha value is -2.55. The molecule has 0 aliphatic carbocycles. The Bertz CT molecular complexity index is 559. The van der Waals surface area contributed by atoms with Gasteiger partial charge in [-0.05, 0) is 16.7 Å². The normalized spacial score (nSPS) is 9.80. The van der Waals surface area contributed by atoms with E-state index in [4.69, 9.17) is 9.47 Å². The summed E-state index contributed by atoms with van der Waals surface area (Å²) in [5.74, 6) is 0. The predicted octanol–water partition coefficient (Wildman–Crippen LogP) is 4.19. The van der Waals surface area contributed by atoms with Crippen molar-refractivity contribution in [3.8, 4) is 11.1 Å². The zero-order valence-corrected chi connectivity index (χ0v) is 11.1. The third-order valence-corrected chi connectivity index (χ3v) is 2.74. The van der Waals surface area contributed by atoms with Crippen LogP contribution in [0, 0.1) is 0 Å². The fraction of sp³-hybridized carbons (Fsp3) is 0.118. The average molecular weight is 268 g/mol. The van der Waals surface area contributed by atoms with E-state index in [0.717, 1.165) is 16.7 Å². The van der Waals surface area contributed by atoms with E-state index in [1.54, 1.807) is 0 Å². The average Bonchev–Trinajstić information content (AvgIpc) is 2.52. The van der Waals surface area contributed by atoms with Gasteiger partial charge in [0.25, 0.3) is 0 Å². The molecule has 0 bridgehead atoms. The fourth-order valence-electron chi connectivity index (χ4n) is 1.73. The second kappa shape index (κ2) is 7.14. The molecule has 0 heterocycles. The minimum Gasteiger partial charge on any atom is -0.430 e. The minimum absolute atomic E-state index is 0.159. The van der Waals surface area contributed by atoms with Crippen LogP contribution in [0.1, 0.15) is 5.56 Å². The van der Waals surface area contributed by atoms with E-state index in [0.29, 0.717) is 0 Å². The van der Waals surface area contributed by atoms with Gasteiger partial charge in [-0.25, -0.2) is 4.79 Å². The Morgan fingerprint density at radius 1 is 0.950 bits per heavy atom. The highest BCUT2D eigenvalue weighted by Gasteiger charge is 2.03. The van der Waals surface area contributed by atoms with Gasteiger partial charge < -0.3 is 9.47 Å². The van der Waals surface area contributed by atoms with Gasteiger partial charge in [0.2, 0.25) is 0 Å². The largest absolute Gasteiger partial charge is 0.508 e. The summed E-state index contributed by atoms with van der Waals surface area (Å²) >= 11 is 0. The highest BCUT2D eigenvalue weighted by Crippen LogP contribution is 2.19. The first-order valence-corrected chi connectivity index (χ1v) is 6.34. The van der Waals surface area contributed by atoms with Crippen LogP contribution in [0.3, 0.4) is 0 Å². The molecule has 0 spiro atoms. The van der Waals surface area contributed by atoms with Crippen molar-refractivity contribution in [1.29, 1.82) is 0 Å². The summed E-state index contributed by atoms with van der Waals surface area (Å²) in [4.78, 5) is 11.2. The SMILES string of the molecule is C=CCOC(=O)OCc1ccc(-c2ccccc2)cc1. The molecule has 102 valence electrons. The summed E-state index contributed by atoms with van der Waals surface area (Å²) in [5, 5.41) is 0. The molecule has 0 saturated heterocycles. The quantitative estimate of drug-likeness (QED) is 0.602. The topological polar surface area (TPSA) is 35.5 Å². The van der Waals surface area contributed by atoms with Crippen molar-refractivity contribution in [1.82, 2.24) is 0 Å². The van der Waals surface area contributed by atoms with Crippen LogP contribution in [-0.2, 0) is 16.1 Å². The molecule has 0 aromatic heterocycles. The molecular weight excluding hydrogens is 252 g/mol. The smallest absolute Gasteiger partial charge is 0.430 e. The van der Waals surface area contributed by atoms with Gasteiger partial charge in [0.05, 0.1) is 0 Å². The van der Waals surface area contributed by atoms with E-state index >= 15 is 0 Å². The van der Waals surface area contributed by atoms with Gasteiger partial charge in [0.15, 0.2) is 0 Å². The molecule has 0 radical (unpaired) electrons. The van der Waals surface area contributed by atoms with Gasteiger partial charge in [-0.3, -0.25) is 0 Å². The molecule has 2 rings (SSSR count). The summed E-state index contributed by atoms with van der Waals surface area (Å²) in [6.45, 7) is 3.81. The van der Waals surface area contributed by atoms with Crippen LogP contribution < -0.4 is 0 Å². The second-order valence-electron chi connectivity index (χ2n) is 4.20. The monoisotopic (exact) mass is 268 g/mol. The first kappa shape index (κ1) is 13.9. The van der Waals surface area contributed by atoms with Crippen LogP contribution >= 0.6 is 0 Å². The Labute approximate surface area is 118 Å². The first-order valence-electron chi connectivity index (χ1n) is 6.34. The molecule has 0 amide bonds. The molecule has 20 heavy (non-hydrogen) atoms. The van der Waals surface area contributed by atoms with Crippen LogP contribution in [0.5, 0.6) is 0 Å². The second-order valence-corrected chi connectivity index (χ2v) is 4.20. The first-order chi connectivity index (χ1) is 9.79. The van der Waals surface area contributed by atoms with Crippen LogP contribution in [0.15, 0.2) is 67.3 Å². The zero-order chi connectivity index (χ0) is 14.2.